The number of nitrogens with zero attached hydrogens (tertiary/aromatic N) is 2. The predicted molar refractivity (Wildman–Crippen MR) is 80.0 cm³/mol. The number of aromatic nitrogens is 2. The van der Waals surface area contributed by atoms with Crippen LogP contribution in [-0.4, -0.2) is 23.0 Å². The minimum atomic E-state index is -0.212. The molecule has 0 aliphatic rings. The van der Waals surface area contributed by atoms with Gasteiger partial charge in [0, 0.05) is 6.20 Å². The van der Waals surface area contributed by atoms with E-state index in [4.69, 9.17) is 4.74 Å². The van der Waals surface area contributed by atoms with Crippen LogP contribution in [0.1, 0.15) is 29.8 Å². The number of rotatable bonds is 5. The summed E-state index contributed by atoms with van der Waals surface area (Å²) in [6, 6.07) is 9.66. The minimum Gasteiger partial charge on any atom is -0.480 e. The number of amides is 1. The average Bonchev–Trinajstić information content (AvgIpc) is 2.53. The molecule has 0 fully saturated rings. The Morgan fingerprint density at radius 2 is 2.05 bits per heavy atom. The van der Waals surface area contributed by atoms with Crippen molar-refractivity contribution in [2.24, 2.45) is 0 Å². The number of hydrogen-bond donors (Lipinski definition) is 1. The third-order valence-electron chi connectivity index (χ3n) is 3.25. The second-order valence-corrected chi connectivity index (χ2v) is 4.82. The summed E-state index contributed by atoms with van der Waals surface area (Å²) < 4.78 is 5.18. The average molecular weight is 285 g/mol. The quantitative estimate of drug-likeness (QED) is 0.915. The molecule has 0 unspecified atom stereocenters. The molecule has 1 N–H and O–H groups in total. The third kappa shape index (κ3) is 3.78. The molecule has 0 radical (unpaired) electrons. The van der Waals surface area contributed by atoms with Gasteiger partial charge in [0.2, 0.25) is 11.8 Å². The number of methoxy groups -OCH3 is 1. The fraction of sp³-hybridized carbons (Fsp3) is 0.312. The number of nitrogens with one attached hydrogen (secondary N) is 1. The van der Waals surface area contributed by atoms with Gasteiger partial charge in [-0.3, -0.25) is 9.78 Å². The molecule has 2 aromatic rings. The van der Waals surface area contributed by atoms with Crippen LogP contribution >= 0.6 is 0 Å². The van der Waals surface area contributed by atoms with Gasteiger partial charge in [0.15, 0.2) is 0 Å². The van der Waals surface area contributed by atoms with Gasteiger partial charge in [-0.2, -0.15) is 0 Å². The highest BCUT2D eigenvalue weighted by molar-refractivity contribution is 5.83. The monoisotopic (exact) mass is 285 g/mol. The lowest BCUT2D eigenvalue weighted by Crippen LogP contribution is -2.28. The minimum absolute atomic E-state index is 0.0503. The first-order valence-electron chi connectivity index (χ1n) is 6.81. The zero-order valence-corrected chi connectivity index (χ0v) is 12.5. The van der Waals surface area contributed by atoms with Crippen molar-refractivity contribution in [3.63, 3.8) is 0 Å². The van der Waals surface area contributed by atoms with Gasteiger partial charge in [0.25, 0.3) is 0 Å². The summed E-state index contributed by atoms with van der Waals surface area (Å²) >= 11 is 0. The van der Waals surface area contributed by atoms with E-state index in [9.17, 15) is 4.79 Å². The van der Waals surface area contributed by atoms with Crippen molar-refractivity contribution >= 4 is 5.91 Å². The Balaban J connectivity index is 2.01. The fourth-order valence-corrected chi connectivity index (χ4v) is 1.98. The summed E-state index contributed by atoms with van der Waals surface area (Å²) in [5.74, 6) is 0.184. The van der Waals surface area contributed by atoms with Crippen LogP contribution in [-0.2, 0) is 11.3 Å². The van der Waals surface area contributed by atoms with Gasteiger partial charge in [-0.15, -0.1) is 0 Å². The Bertz CT molecular complexity index is 614. The molecule has 2 rings (SSSR count). The van der Waals surface area contributed by atoms with Gasteiger partial charge in [-0.05, 0) is 19.4 Å². The fourth-order valence-electron chi connectivity index (χ4n) is 1.98. The standard InChI is InChI=1S/C16H19N3O2/c1-11-9-17-14(16(19-11)21-3)10-18-15(20)12(2)13-7-5-4-6-8-13/h4-9,12H,10H2,1-3H3,(H,18,20)/t12-/m0/s1. The lowest BCUT2D eigenvalue weighted by Gasteiger charge is -2.13. The number of carbonyl (C=O) groups excluding carboxylic acids is 1. The van der Waals surface area contributed by atoms with Crippen molar-refractivity contribution in [3.8, 4) is 5.88 Å². The lowest BCUT2D eigenvalue weighted by molar-refractivity contribution is -0.122. The predicted octanol–water partition coefficient (Wildman–Crippen LogP) is 2.21. The molecule has 1 aromatic carbocycles. The van der Waals surface area contributed by atoms with Crippen molar-refractivity contribution in [1.29, 1.82) is 0 Å². The van der Waals surface area contributed by atoms with Crippen molar-refractivity contribution in [2.45, 2.75) is 26.3 Å². The van der Waals surface area contributed by atoms with Crippen molar-refractivity contribution in [2.75, 3.05) is 7.11 Å². The highest BCUT2D eigenvalue weighted by Gasteiger charge is 2.16. The SMILES string of the molecule is COc1nc(C)cnc1CNC(=O)[C@@H](C)c1ccccc1. The molecule has 110 valence electrons. The van der Waals surface area contributed by atoms with Crippen molar-refractivity contribution in [1.82, 2.24) is 15.3 Å². The first-order valence-corrected chi connectivity index (χ1v) is 6.81. The second kappa shape index (κ2) is 6.83. The number of carbonyl (C=O) groups is 1. The number of ether oxygens (including phenoxy) is 1. The molecular formula is C16H19N3O2. The number of hydrogen-bond acceptors (Lipinski definition) is 4. The van der Waals surface area contributed by atoms with Gasteiger partial charge < -0.3 is 10.1 Å². The van der Waals surface area contributed by atoms with E-state index in [1.54, 1.807) is 13.3 Å². The molecule has 1 heterocycles. The summed E-state index contributed by atoms with van der Waals surface area (Å²) in [6.45, 7) is 4.02. The highest BCUT2D eigenvalue weighted by Crippen LogP contribution is 2.16. The van der Waals surface area contributed by atoms with E-state index in [0.29, 0.717) is 18.1 Å². The van der Waals surface area contributed by atoms with Crippen LogP contribution in [0.25, 0.3) is 0 Å². The summed E-state index contributed by atoms with van der Waals surface area (Å²) in [5.41, 5.74) is 2.38. The van der Waals surface area contributed by atoms with Gasteiger partial charge in [0.1, 0.15) is 5.69 Å². The Morgan fingerprint density at radius 1 is 1.33 bits per heavy atom. The third-order valence-corrected chi connectivity index (χ3v) is 3.25. The van der Waals surface area contributed by atoms with Gasteiger partial charge in [-0.1, -0.05) is 30.3 Å². The molecule has 5 nitrogen and oxygen atoms in total. The van der Waals surface area contributed by atoms with E-state index >= 15 is 0 Å². The van der Waals surface area contributed by atoms with Crippen LogP contribution in [0, 0.1) is 6.92 Å². The van der Waals surface area contributed by atoms with E-state index < -0.39 is 0 Å². The smallest absolute Gasteiger partial charge is 0.237 e. The van der Waals surface area contributed by atoms with Crippen LogP contribution < -0.4 is 10.1 Å². The molecule has 0 saturated heterocycles. The zero-order chi connectivity index (χ0) is 15.2. The first kappa shape index (κ1) is 15.0. The molecule has 1 atom stereocenters. The zero-order valence-electron chi connectivity index (χ0n) is 12.5. The largest absolute Gasteiger partial charge is 0.480 e. The number of aryl methyl sites for hydroxylation is 1. The second-order valence-electron chi connectivity index (χ2n) is 4.82. The maximum atomic E-state index is 12.2. The molecule has 0 aliphatic heterocycles. The van der Waals surface area contributed by atoms with E-state index in [1.807, 2.05) is 44.2 Å². The molecule has 1 amide bonds. The number of benzene rings is 1. The Labute approximate surface area is 124 Å². The molecule has 0 aliphatic carbocycles. The summed E-state index contributed by atoms with van der Waals surface area (Å²) in [7, 11) is 1.54. The summed E-state index contributed by atoms with van der Waals surface area (Å²) in [6.07, 6.45) is 1.66. The highest BCUT2D eigenvalue weighted by atomic mass is 16.5. The van der Waals surface area contributed by atoms with Gasteiger partial charge >= 0.3 is 0 Å². The van der Waals surface area contributed by atoms with Crippen molar-refractivity contribution < 1.29 is 9.53 Å². The van der Waals surface area contributed by atoms with Crippen LogP contribution in [0.15, 0.2) is 36.5 Å². The van der Waals surface area contributed by atoms with Crippen LogP contribution in [0.4, 0.5) is 0 Å². The molecule has 5 heteroatoms. The maximum absolute atomic E-state index is 12.2. The van der Waals surface area contributed by atoms with Gasteiger partial charge in [0.05, 0.1) is 25.3 Å². The Hall–Kier alpha value is -2.43. The van der Waals surface area contributed by atoms with E-state index in [-0.39, 0.29) is 11.8 Å². The topological polar surface area (TPSA) is 64.1 Å². The molecule has 0 spiro atoms. The molecular weight excluding hydrogens is 266 g/mol. The molecule has 21 heavy (non-hydrogen) atoms. The van der Waals surface area contributed by atoms with Crippen molar-refractivity contribution in [3.05, 3.63) is 53.5 Å². The van der Waals surface area contributed by atoms with Gasteiger partial charge in [-0.25, -0.2) is 4.98 Å². The van der Waals surface area contributed by atoms with E-state index in [1.165, 1.54) is 0 Å². The summed E-state index contributed by atoms with van der Waals surface area (Å²) in [5, 5.41) is 2.87. The Morgan fingerprint density at radius 3 is 2.71 bits per heavy atom. The first-order chi connectivity index (χ1) is 10.1. The lowest BCUT2D eigenvalue weighted by atomic mass is 10.0. The van der Waals surface area contributed by atoms with E-state index in [0.717, 1.165) is 11.3 Å². The van der Waals surface area contributed by atoms with Crippen LogP contribution in [0.5, 0.6) is 5.88 Å². The molecule has 1 aromatic heterocycles. The maximum Gasteiger partial charge on any atom is 0.237 e. The molecule has 0 bridgehead atoms. The molecule has 0 saturated carbocycles. The Kier molecular flexibility index (Phi) is 4.87. The summed E-state index contributed by atoms with van der Waals surface area (Å²) in [4.78, 5) is 20.7. The van der Waals surface area contributed by atoms with Crippen LogP contribution in [0.3, 0.4) is 0 Å². The normalized spacial score (nSPS) is 11.8. The van der Waals surface area contributed by atoms with Crippen LogP contribution in [0.2, 0.25) is 0 Å². The van der Waals surface area contributed by atoms with E-state index in [2.05, 4.69) is 15.3 Å².